The van der Waals surface area contributed by atoms with Gasteiger partial charge in [0, 0.05) is 17.7 Å². The molecule has 174 valence electrons. The van der Waals surface area contributed by atoms with Gasteiger partial charge in [0.05, 0.1) is 43.6 Å². The van der Waals surface area contributed by atoms with Gasteiger partial charge in [0.2, 0.25) is 0 Å². The van der Waals surface area contributed by atoms with E-state index in [-0.39, 0.29) is 23.4 Å². The van der Waals surface area contributed by atoms with Gasteiger partial charge >= 0.3 is 0 Å². The highest BCUT2D eigenvalue weighted by atomic mass is 16.6. The van der Waals surface area contributed by atoms with Crippen molar-refractivity contribution in [3.8, 4) is 11.5 Å². The predicted molar refractivity (Wildman–Crippen MR) is 119 cm³/mol. The molecule has 1 atom stereocenters. The fraction of sp³-hybridized carbons (Fsp3) is 0.167. The van der Waals surface area contributed by atoms with Gasteiger partial charge in [-0.15, -0.1) is 0 Å². The third-order valence-corrected chi connectivity index (χ3v) is 5.52. The van der Waals surface area contributed by atoms with Crippen LogP contribution in [0.3, 0.4) is 0 Å². The second-order valence-corrected chi connectivity index (χ2v) is 7.42. The zero-order valence-corrected chi connectivity index (χ0v) is 18.3. The third kappa shape index (κ3) is 3.96. The van der Waals surface area contributed by atoms with Gasteiger partial charge in [-0.05, 0) is 48.0 Å². The molecule has 4 rings (SSSR count). The number of aliphatic hydroxyl groups is 1. The van der Waals surface area contributed by atoms with Crippen LogP contribution in [-0.2, 0) is 16.1 Å². The summed E-state index contributed by atoms with van der Waals surface area (Å²) in [5.74, 6) is -0.957. The number of aliphatic hydroxyl groups excluding tert-OH is 1. The number of ketones is 1. The van der Waals surface area contributed by atoms with Crippen LogP contribution in [0, 0.1) is 10.1 Å². The number of benzene rings is 2. The minimum absolute atomic E-state index is 0.0397. The van der Waals surface area contributed by atoms with E-state index in [0.717, 1.165) is 0 Å². The van der Waals surface area contributed by atoms with Gasteiger partial charge in [-0.1, -0.05) is 0 Å². The van der Waals surface area contributed by atoms with Gasteiger partial charge in [0.15, 0.2) is 11.5 Å². The molecule has 0 aliphatic carbocycles. The quantitative estimate of drug-likeness (QED) is 0.183. The van der Waals surface area contributed by atoms with Crippen LogP contribution in [0.15, 0.2) is 70.9 Å². The third-order valence-electron chi connectivity index (χ3n) is 5.52. The van der Waals surface area contributed by atoms with Crippen LogP contribution in [0.5, 0.6) is 11.5 Å². The van der Waals surface area contributed by atoms with Gasteiger partial charge in [-0.25, -0.2) is 0 Å². The van der Waals surface area contributed by atoms with Crippen molar-refractivity contribution in [1.29, 1.82) is 0 Å². The summed E-state index contributed by atoms with van der Waals surface area (Å²) >= 11 is 0. The van der Waals surface area contributed by atoms with Crippen LogP contribution < -0.4 is 9.47 Å². The molecule has 1 N–H and O–H groups in total. The van der Waals surface area contributed by atoms with Crippen LogP contribution >= 0.6 is 0 Å². The lowest BCUT2D eigenvalue weighted by Crippen LogP contribution is -2.29. The fourth-order valence-corrected chi connectivity index (χ4v) is 3.88. The Hall–Kier alpha value is -4.60. The number of nitrogens with zero attached hydrogens (tertiary/aromatic N) is 2. The summed E-state index contributed by atoms with van der Waals surface area (Å²) in [4.78, 5) is 37.9. The number of hydrogen-bond donors (Lipinski definition) is 1. The molecular formula is C24H20N2O8. The van der Waals surface area contributed by atoms with Gasteiger partial charge in [-0.3, -0.25) is 19.7 Å². The van der Waals surface area contributed by atoms with Gasteiger partial charge in [0.25, 0.3) is 17.4 Å². The molecule has 1 fully saturated rings. The Morgan fingerprint density at radius 2 is 1.79 bits per heavy atom. The first-order valence-corrected chi connectivity index (χ1v) is 10.1. The van der Waals surface area contributed by atoms with Crippen molar-refractivity contribution in [3.05, 3.63) is 93.4 Å². The molecule has 0 radical (unpaired) electrons. The van der Waals surface area contributed by atoms with Crippen molar-refractivity contribution in [1.82, 2.24) is 4.90 Å². The highest BCUT2D eigenvalue weighted by molar-refractivity contribution is 6.46. The summed E-state index contributed by atoms with van der Waals surface area (Å²) < 4.78 is 15.8. The van der Waals surface area contributed by atoms with Crippen LogP contribution in [0.4, 0.5) is 5.69 Å². The molecular weight excluding hydrogens is 444 g/mol. The first kappa shape index (κ1) is 22.6. The minimum atomic E-state index is -1.00. The lowest BCUT2D eigenvalue weighted by atomic mass is 9.95. The second-order valence-electron chi connectivity index (χ2n) is 7.42. The lowest BCUT2D eigenvalue weighted by Gasteiger charge is -2.24. The Bertz CT molecular complexity index is 1280. The number of carbonyl (C=O) groups excluding carboxylic acids is 2. The molecule has 3 aromatic rings. The van der Waals surface area contributed by atoms with E-state index in [0.29, 0.717) is 22.8 Å². The number of nitro groups is 1. The molecule has 10 nitrogen and oxygen atoms in total. The van der Waals surface area contributed by atoms with Crippen molar-refractivity contribution in [2.24, 2.45) is 0 Å². The van der Waals surface area contributed by atoms with E-state index in [2.05, 4.69) is 0 Å². The molecule has 2 heterocycles. The Labute approximate surface area is 193 Å². The number of furan rings is 1. The van der Waals surface area contributed by atoms with Crippen molar-refractivity contribution in [2.75, 3.05) is 14.2 Å². The van der Waals surface area contributed by atoms with Crippen LogP contribution in [0.1, 0.15) is 22.9 Å². The highest BCUT2D eigenvalue weighted by Crippen LogP contribution is 2.41. The Morgan fingerprint density at radius 3 is 2.38 bits per heavy atom. The number of non-ortho nitro benzene ring substituents is 1. The zero-order chi connectivity index (χ0) is 24.4. The molecule has 0 saturated carbocycles. The van der Waals surface area contributed by atoms with Crippen molar-refractivity contribution >= 4 is 23.1 Å². The van der Waals surface area contributed by atoms with Crippen molar-refractivity contribution < 1.29 is 33.5 Å². The second kappa shape index (κ2) is 9.10. The molecule has 2 aromatic carbocycles. The molecule has 1 aliphatic rings. The normalized spacial score (nSPS) is 17.1. The summed E-state index contributed by atoms with van der Waals surface area (Å²) in [7, 11) is 2.90. The van der Waals surface area contributed by atoms with Crippen molar-refractivity contribution in [3.63, 3.8) is 0 Å². The van der Waals surface area contributed by atoms with E-state index in [1.165, 1.54) is 61.8 Å². The number of nitro benzene ring substituents is 1. The van der Waals surface area contributed by atoms with E-state index in [1.807, 2.05) is 0 Å². The standard InChI is InChI=1S/C24H20N2O8/c1-32-18-10-7-15(12-19(18)33-2)22(27)20-21(14-5-8-16(9-6-14)26(30)31)25(24(29)23(20)28)13-17-4-3-11-34-17/h3-12,21,27H,13H2,1-2H3. The molecule has 1 aromatic heterocycles. The van der Waals surface area contributed by atoms with Crippen molar-refractivity contribution in [2.45, 2.75) is 12.6 Å². The van der Waals surface area contributed by atoms with E-state index in [1.54, 1.807) is 18.2 Å². The number of ether oxygens (including phenoxy) is 2. The smallest absolute Gasteiger partial charge is 0.296 e. The van der Waals surface area contributed by atoms with E-state index in [9.17, 15) is 24.8 Å². The van der Waals surface area contributed by atoms with Gasteiger partial charge in [0.1, 0.15) is 11.5 Å². The Morgan fingerprint density at radius 1 is 1.09 bits per heavy atom. The molecule has 34 heavy (non-hydrogen) atoms. The largest absolute Gasteiger partial charge is 0.507 e. The zero-order valence-electron chi connectivity index (χ0n) is 18.3. The number of likely N-dealkylation sites (tertiary alicyclic amines) is 1. The molecule has 0 spiro atoms. The Balaban J connectivity index is 1.87. The van der Waals surface area contributed by atoms with Crippen LogP contribution in [-0.4, -0.2) is 40.8 Å². The molecule has 1 amide bonds. The lowest BCUT2D eigenvalue weighted by molar-refractivity contribution is -0.384. The van der Waals surface area contributed by atoms with E-state index < -0.39 is 28.4 Å². The van der Waals surface area contributed by atoms with E-state index >= 15 is 0 Å². The summed E-state index contributed by atoms with van der Waals surface area (Å²) in [6, 6.07) is 12.3. The summed E-state index contributed by atoms with van der Waals surface area (Å²) in [5.41, 5.74) is 0.350. The summed E-state index contributed by atoms with van der Waals surface area (Å²) in [5, 5.41) is 22.2. The summed E-state index contributed by atoms with van der Waals surface area (Å²) in [6.45, 7) is -0.0397. The number of amides is 1. The number of hydrogen-bond acceptors (Lipinski definition) is 8. The molecule has 1 unspecified atom stereocenters. The Kier molecular flexibility index (Phi) is 6.05. The maximum absolute atomic E-state index is 13.1. The average Bonchev–Trinajstić information content (AvgIpc) is 3.45. The molecule has 10 heteroatoms. The van der Waals surface area contributed by atoms with Gasteiger partial charge in [-0.2, -0.15) is 0 Å². The first-order valence-electron chi connectivity index (χ1n) is 10.1. The predicted octanol–water partition coefficient (Wildman–Crippen LogP) is 3.83. The maximum Gasteiger partial charge on any atom is 0.296 e. The van der Waals surface area contributed by atoms with E-state index in [4.69, 9.17) is 13.9 Å². The van der Waals surface area contributed by atoms with Gasteiger partial charge < -0.3 is 23.9 Å². The topological polar surface area (TPSA) is 132 Å². The minimum Gasteiger partial charge on any atom is -0.507 e. The SMILES string of the molecule is COc1ccc(C(O)=C2C(=O)C(=O)N(Cc3ccco3)C2c2ccc([N+](=O)[O-])cc2)cc1OC. The molecule has 1 saturated heterocycles. The number of methoxy groups -OCH3 is 2. The highest BCUT2D eigenvalue weighted by Gasteiger charge is 2.46. The number of rotatable bonds is 7. The monoisotopic (exact) mass is 464 g/mol. The fourth-order valence-electron chi connectivity index (χ4n) is 3.88. The average molecular weight is 464 g/mol. The maximum atomic E-state index is 13.1. The molecule has 1 aliphatic heterocycles. The number of Topliss-reactive ketones (excluding diaryl/α,β-unsaturated/α-hetero) is 1. The summed E-state index contributed by atoms with van der Waals surface area (Å²) in [6.07, 6.45) is 1.44. The first-order chi connectivity index (χ1) is 16.3. The van der Waals surface area contributed by atoms with Crippen LogP contribution in [0.25, 0.3) is 5.76 Å². The molecule has 0 bridgehead atoms. The number of carbonyl (C=O) groups is 2. The van der Waals surface area contributed by atoms with Crippen LogP contribution in [0.2, 0.25) is 0 Å².